The van der Waals surface area contributed by atoms with E-state index in [2.05, 4.69) is 36.8 Å². The Balaban J connectivity index is 1.69. The van der Waals surface area contributed by atoms with Crippen molar-refractivity contribution in [3.63, 3.8) is 0 Å². The summed E-state index contributed by atoms with van der Waals surface area (Å²) in [6.07, 6.45) is 0. The molecular weight excluding hydrogens is 421 g/mol. The Hall–Kier alpha value is -2.26. The lowest BCUT2D eigenvalue weighted by Gasteiger charge is -2.09. The number of aromatic nitrogens is 4. The van der Waals surface area contributed by atoms with Gasteiger partial charge in [0.05, 0.1) is 5.75 Å². The molecule has 0 unspecified atom stereocenters. The van der Waals surface area contributed by atoms with Crippen LogP contribution in [-0.2, 0) is 4.79 Å². The smallest absolute Gasteiger partial charge is 0.234 e. The quantitative estimate of drug-likeness (QED) is 0.614. The van der Waals surface area contributed by atoms with Gasteiger partial charge in [0.25, 0.3) is 0 Å². The highest BCUT2D eigenvalue weighted by Gasteiger charge is 2.12. The Morgan fingerprint density at radius 3 is 2.77 bits per heavy atom. The lowest BCUT2D eigenvalue weighted by atomic mass is 10.2. The molecule has 0 aliphatic carbocycles. The Bertz CT molecular complexity index is 962. The molecule has 26 heavy (non-hydrogen) atoms. The molecule has 9 heteroatoms. The zero-order chi connectivity index (χ0) is 18.7. The predicted octanol–water partition coefficient (Wildman–Crippen LogP) is 3.91. The third kappa shape index (κ3) is 4.28. The summed E-state index contributed by atoms with van der Waals surface area (Å²) in [4.78, 5) is 13.3. The second kappa shape index (κ2) is 7.96. The summed E-state index contributed by atoms with van der Waals surface area (Å²) in [6, 6.07) is 10.2. The molecule has 0 saturated carbocycles. The van der Waals surface area contributed by atoms with Crippen molar-refractivity contribution >= 4 is 39.3 Å². The molecular formula is C17H15BrFN5OS. The molecule has 1 N–H and O–H groups in total. The third-order valence-electron chi connectivity index (χ3n) is 3.58. The van der Waals surface area contributed by atoms with E-state index in [-0.39, 0.29) is 17.3 Å². The van der Waals surface area contributed by atoms with Crippen LogP contribution >= 0.6 is 27.7 Å². The maximum Gasteiger partial charge on any atom is 0.234 e. The van der Waals surface area contributed by atoms with Crippen molar-refractivity contribution in [1.29, 1.82) is 0 Å². The molecule has 0 bridgehead atoms. The van der Waals surface area contributed by atoms with Crippen molar-refractivity contribution in [3.8, 4) is 5.69 Å². The highest BCUT2D eigenvalue weighted by atomic mass is 79.9. The predicted molar refractivity (Wildman–Crippen MR) is 102 cm³/mol. The average Bonchev–Trinajstić information content (AvgIpc) is 3.01. The lowest BCUT2D eigenvalue weighted by Crippen LogP contribution is -2.14. The zero-order valence-electron chi connectivity index (χ0n) is 14.0. The Morgan fingerprint density at radius 2 is 2.08 bits per heavy atom. The minimum atomic E-state index is -0.474. The molecule has 3 aromatic rings. The van der Waals surface area contributed by atoms with Crippen molar-refractivity contribution in [3.05, 3.63) is 58.1 Å². The number of carbonyl (C=O) groups excluding carboxylic acids is 1. The maximum atomic E-state index is 14.1. The second-order valence-electron chi connectivity index (χ2n) is 5.55. The van der Waals surface area contributed by atoms with E-state index in [1.165, 1.54) is 34.6 Å². The van der Waals surface area contributed by atoms with Gasteiger partial charge in [-0.2, -0.15) is 4.68 Å². The summed E-state index contributed by atoms with van der Waals surface area (Å²) in [6.45, 7) is 3.66. The van der Waals surface area contributed by atoms with Gasteiger partial charge in [0.15, 0.2) is 5.82 Å². The van der Waals surface area contributed by atoms with Crippen LogP contribution in [0, 0.1) is 19.7 Å². The summed E-state index contributed by atoms with van der Waals surface area (Å²) < 4.78 is 16.3. The molecule has 1 amide bonds. The van der Waals surface area contributed by atoms with Crippen LogP contribution in [0.3, 0.4) is 0 Å². The van der Waals surface area contributed by atoms with Gasteiger partial charge in [-0.25, -0.2) is 4.39 Å². The average molecular weight is 436 g/mol. The van der Waals surface area contributed by atoms with Crippen LogP contribution in [0.15, 0.2) is 45.8 Å². The van der Waals surface area contributed by atoms with Crippen molar-refractivity contribution in [1.82, 2.24) is 20.2 Å². The first kappa shape index (κ1) is 18.5. The van der Waals surface area contributed by atoms with E-state index in [0.717, 1.165) is 14.9 Å². The third-order valence-corrected chi connectivity index (χ3v) is 5.25. The highest BCUT2D eigenvalue weighted by molar-refractivity contribution is 9.10. The number of benzene rings is 2. The molecule has 2 aromatic carbocycles. The molecule has 1 heterocycles. The van der Waals surface area contributed by atoms with Crippen LogP contribution in [0.2, 0.25) is 0 Å². The van der Waals surface area contributed by atoms with Crippen LogP contribution in [-0.4, -0.2) is 31.9 Å². The fraction of sp³-hybridized carbons (Fsp3) is 0.176. The van der Waals surface area contributed by atoms with Crippen LogP contribution in [0.1, 0.15) is 11.4 Å². The minimum absolute atomic E-state index is 0.177. The molecule has 0 atom stereocenters. The zero-order valence-corrected chi connectivity index (χ0v) is 16.4. The largest absolute Gasteiger partial charge is 0.325 e. The van der Waals surface area contributed by atoms with E-state index < -0.39 is 5.82 Å². The number of nitrogens with one attached hydrogen (secondary N) is 1. The number of tetrazole rings is 1. The normalized spacial score (nSPS) is 10.8. The number of aryl methyl sites for hydroxylation is 2. The van der Waals surface area contributed by atoms with Gasteiger partial charge in [0.1, 0.15) is 11.5 Å². The minimum Gasteiger partial charge on any atom is -0.325 e. The molecule has 0 fully saturated rings. The van der Waals surface area contributed by atoms with Crippen LogP contribution < -0.4 is 5.32 Å². The highest BCUT2D eigenvalue weighted by Crippen LogP contribution is 2.26. The Morgan fingerprint density at radius 1 is 1.27 bits per heavy atom. The van der Waals surface area contributed by atoms with E-state index in [1.54, 1.807) is 6.92 Å². The van der Waals surface area contributed by atoms with Crippen molar-refractivity contribution in [2.24, 2.45) is 0 Å². The van der Waals surface area contributed by atoms with Crippen LogP contribution in [0.5, 0.6) is 0 Å². The SMILES string of the molecule is Cc1cc(Br)ccc1SCC(=O)Nc1ccc(F)c(-n2nnnc2C)c1. The molecule has 134 valence electrons. The van der Waals surface area contributed by atoms with Crippen molar-refractivity contribution < 1.29 is 9.18 Å². The number of rotatable bonds is 5. The molecule has 1 aromatic heterocycles. The first-order valence-corrected chi connectivity index (χ1v) is 9.45. The summed E-state index contributed by atoms with van der Waals surface area (Å²) in [5.41, 5.74) is 1.76. The van der Waals surface area contributed by atoms with Gasteiger partial charge in [0, 0.05) is 15.1 Å². The van der Waals surface area contributed by atoms with Crippen molar-refractivity contribution in [2.75, 3.05) is 11.1 Å². The summed E-state index contributed by atoms with van der Waals surface area (Å²) in [5.74, 6) is 0.0502. The standard InChI is InChI=1S/C17H15BrFN5OS/c1-10-7-12(18)3-6-16(10)26-9-17(25)20-13-4-5-14(19)15(8-13)24-11(2)21-22-23-24/h3-8H,9H2,1-2H3,(H,20,25). The molecule has 6 nitrogen and oxygen atoms in total. The summed E-state index contributed by atoms with van der Waals surface area (Å²) in [5, 5.41) is 13.8. The number of hydrogen-bond acceptors (Lipinski definition) is 5. The van der Waals surface area contributed by atoms with E-state index in [9.17, 15) is 9.18 Å². The molecule has 3 rings (SSSR count). The van der Waals surface area contributed by atoms with Gasteiger partial charge in [-0.05, 0) is 66.2 Å². The number of hydrogen-bond donors (Lipinski definition) is 1. The van der Waals surface area contributed by atoms with Gasteiger partial charge >= 0.3 is 0 Å². The Kier molecular flexibility index (Phi) is 5.67. The number of halogens is 2. The Labute approximate surface area is 162 Å². The number of thioether (sulfide) groups is 1. The fourth-order valence-electron chi connectivity index (χ4n) is 2.32. The van der Waals surface area contributed by atoms with Gasteiger partial charge < -0.3 is 5.32 Å². The molecule has 0 radical (unpaired) electrons. The monoisotopic (exact) mass is 435 g/mol. The van der Waals surface area contributed by atoms with E-state index in [1.807, 2.05) is 25.1 Å². The first-order valence-electron chi connectivity index (χ1n) is 7.68. The van der Waals surface area contributed by atoms with Crippen molar-refractivity contribution in [2.45, 2.75) is 18.7 Å². The molecule has 0 spiro atoms. The van der Waals surface area contributed by atoms with E-state index in [0.29, 0.717) is 11.5 Å². The van der Waals surface area contributed by atoms with Gasteiger partial charge in [-0.3, -0.25) is 4.79 Å². The summed E-state index contributed by atoms with van der Waals surface area (Å²) in [7, 11) is 0. The topological polar surface area (TPSA) is 72.7 Å². The van der Waals surface area contributed by atoms with Gasteiger partial charge in [0.2, 0.25) is 5.91 Å². The first-order chi connectivity index (χ1) is 12.4. The van der Waals surface area contributed by atoms with Crippen LogP contribution in [0.25, 0.3) is 5.69 Å². The lowest BCUT2D eigenvalue weighted by molar-refractivity contribution is -0.113. The van der Waals surface area contributed by atoms with Gasteiger partial charge in [-0.15, -0.1) is 16.9 Å². The van der Waals surface area contributed by atoms with E-state index >= 15 is 0 Å². The molecule has 0 saturated heterocycles. The molecule has 0 aliphatic heterocycles. The number of carbonyl (C=O) groups is 1. The molecule has 0 aliphatic rings. The maximum absolute atomic E-state index is 14.1. The van der Waals surface area contributed by atoms with Crippen LogP contribution in [0.4, 0.5) is 10.1 Å². The fourth-order valence-corrected chi connectivity index (χ4v) is 3.61. The number of anilines is 1. The second-order valence-corrected chi connectivity index (χ2v) is 7.48. The number of nitrogens with zero attached hydrogens (tertiary/aromatic N) is 4. The number of amides is 1. The van der Waals surface area contributed by atoms with E-state index in [4.69, 9.17) is 0 Å². The van der Waals surface area contributed by atoms with Gasteiger partial charge in [-0.1, -0.05) is 15.9 Å². The summed E-state index contributed by atoms with van der Waals surface area (Å²) >= 11 is 4.87.